The average molecular weight is 215 g/mol. The molecular formula is C15H19O. The summed E-state index contributed by atoms with van der Waals surface area (Å²) in [5, 5.41) is 8.81. The molecule has 0 amide bonds. The predicted octanol–water partition coefficient (Wildman–Crippen LogP) is 4.29. The van der Waals surface area contributed by atoms with E-state index in [1.807, 2.05) is 19.4 Å². The van der Waals surface area contributed by atoms with Crippen molar-refractivity contribution in [3.05, 3.63) is 65.3 Å². The van der Waals surface area contributed by atoms with Gasteiger partial charge in [-0.2, -0.15) is 0 Å². The Balaban J connectivity index is 0.000000160. The summed E-state index contributed by atoms with van der Waals surface area (Å²) in [6, 6.07) is 8.48. The van der Waals surface area contributed by atoms with Crippen LogP contribution >= 0.6 is 0 Å². The molecule has 0 aliphatic heterocycles. The molecule has 0 bridgehead atoms. The van der Waals surface area contributed by atoms with E-state index < -0.39 is 0 Å². The molecule has 1 N–H and O–H groups in total. The van der Waals surface area contributed by atoms with Crippen molar-refractivity contribution in [2.24, 2.45) is 0 Å². The van der Waals surface area contributed by atoms with E-state index in [1.54, 1.807) is 6.08 Å². The molecule has 0 saturated carbocycles. The van der Waals surface area contributed by atoms with Crippen molar-refractivity contribution < 1.29 is 5.11 Å². The standard InChI is InChI=1S/C8H10.C7H9O/c1-7-3-5-8(2)6-4-7;1-6-2-4-7(8)5-3-6/h3-6H,1-2H3;2-4,8H,5H2,1H3. The van der Waals surface area contributed by atoms with Crippen LogP contribution in [0.25, 0.3) is 0 Å². The lowest BCUT2D eigenvalue weighted by atomic mass is 10.1. The summed E-state index contributed by atoms with van der Waals surface area (Å²) >= 11 is 0. The number of aryl methyl sites for hydroxylation is 2. The Morgan fingerprint density at radius 3 is 1.69 bits per heavy atom. The lowest BCUT2D eigenvalue weighted by Gasteiger charge is -2.03. The fraction of sp³-hybridized carbons (Fsp3) is 0.267. The molecule has 0 spiro atoms. The summed E-state index contributed by atoms with van der Waals surface area (Å²) < 4.78 is 0. The summed E-state index contributed by atoms with van der Waals surface area (Å²) in [5.41, 5.74) is 3.88. The van der Waals surface area contributed by atoms with Crippen molar-refractivity contribution >= 4 is 0 Å². The van der Waals surface area contributed by atoms with Crippen LogP contribution in [0.2, 0.25) is 0 Å². The quantitative estimate of drug-likeness (QED) is 0.684. The van der Waals surface area contributed by atoms with Gasteiger partial charge in [0.25, 0.3) is 0 Å². The zero-order valence-corrected chi connectivity index (χ0v) is 10.2. The molecule has 1 aromatic rings. The molecule has 0 fully saturated rings. The fourth-order valence-electron chi connectivity index (χ4n) is 1.27. The van der Waals surface area contributed by atoms with Crippen LogP contribution in [0.1, 0.15) is 24.5 Å². The molecular weight excluding hydrogens is 196 g/mol. The van der Waals surface area contributed by atoms with Crippen LogP contribution in [0.15, 0.2) is 47.7 Å². The van der Waals surface area contributed by atoms with Gasteiger partial charge in [0.2, 0.25) is 0 Å². The van der Waals surface area contributed by atoms with Crippen molar-refractivity contribution in [2.75, 3.05) is 0 Å². The summed E-state index contributed by atoms with van der Waals surface area (Å²) in [6.07, 6.45) is 6.33. The first-order chi connectivity index (χ1) is 7.58. The Kier molecular flexibility index (Phi) is 4.84. The number of benzene rings is 1. The molecule has 1 aliphatic rings. The lowest BCUT2D eigenvalue weighted by molar-refractivity contribution is 0.396. The maximum absolute atomic E-state index is 8.81. The molecule has 85 valence electrons. The lowest BCUT2D eigenvalue weighted by Crippen LogP contribution is -1.89. The largest absolute Gasteiger partial charge is 0.512 e. The van der Waals surface area contributed by atoms with Crippen LogP contribution in [-0.2, 0) is 0 Å². The average Bonchev–Trinajstić information content (AvgIpc) is 2.28. The minimum absolute atomic E-state index is 0.454. The van der Waals surface area contributed by atoms with E-state index in [1.165, 1.54) is 16.7 Å². The first kappa shape index (κ1) is 12.6. The summed E-state index contributed by atoms with van der Waals surface area (Å²) in [7, 11) is 0. The molecule has 1 aliphatic carbocycles. The van der Waals surface area contributed by atoms with Crippen LogP contribution < -0.4 is 0 Å². The number of allylic oxidation sites excluding steroid dienone is 4. The topological polar surface area (TPSA) is 20.2 Å². The first-order valence-electron chi connectivity index (χ1n) is 5.51. The number of hydrogen-bond donors (Lipinski definition) is 1. The second kappa shape index (κ2) is 6.16. The Bertz CT molecular complexity index is 343. The molecule has 16 heavy (non-hydrogen) atoms. The van der Waals surface area contributed by atoms with Gasteiger partial charge in [-0.15, -0.1) is 0 Å². The van der Waals surface area contributed by atoms with Crippen LogP contribution in [0.4, 0.5) is 0 Å². The van der Waals surface area contributed by atoms with Crippen LogP contribution in [-0.4, -0.2) is 5.11 Å². The monoisotopic (exact) mass is 215 g/mol. The highest BCUT2D eigenvalue weighted by molar-refractivity contribution is 5.26. The normalized spacial score (nSPS) is 14.4. The molecule has 0 unspecified atom stereocenters. The maximum Gasteiger partial charge on any atom is 0.0928 e. The molecule has 1 aromatic carbocycles. The Morgan fingerprint density at radius 2 is 1.38 bits per heavy atom. The van der Waals surface area contributed by atoms with Crippen molar-refractivity contribution in [3.63, 3.8) is 0 Å². The van der Waals surface area contributed by atoms with Gasteiger partial charge in [0.15, 0.2) is 0 Å². The highest BCUT2D eigenvalue weighted by atomic mass is 16.3. The van der Waals surface area contributed by atoms with E-state index in [4.69, 9.17) is 5.11 Å². The minimum atomic E-state index is 0.454. The summed E-state index contributed by atoms with van der Waals surface area (Å²) in [6.45, 7) is 6.21. The highest BCUT2D eigenvalue weighted by Crippen LogP contribution is 2.13. The Morgan fingerprint density at radius 1 is 0.875 bits per heavy atom. The van der Waals surface area contributed by atoms with E-state index in [-0.39, 0.29) is 0 Å². The number of aliphatic hydroxyl groups excluding tert-OH is 1. The number of rotatable bonds is 0. The van der Waals surface area contributed by atoms with Crippen molar-refractivity contribution in [3.8, 4) is 0 Å². The molecule has 1 nitrogen and oxygen atoms in total. The molecule has 0 aromatic heterocycles. The smallest absolute Gasteiger partial charge is 0.0928 e. The van der Waals surface area contributed by atoms with E-state index in [0.29, 0.717) is 12.2 Å². The SMILES string of the molecule is CC1=CC=C(O)C[CH]1.Cc1ccc(C)cc1. The maximum atomic E-state index is 8.81. The van der Waals surface area contributed by atoms with Gasteiger partial charge >= 0.3 is 0 Å². The van der Waals surface area contributed by atoms with Crippen molar-refractivity contribution in [1.82, 2.24) is 0 Å². The van der Waals surface area contributed by atoms with Crippen LogP contribution in [0.3, 0.4) is 0 Å². The number of hydrogen-bond acceptors (Lipinski definition) is 1. The van der Waals surface area contributed by atoms with E-state index >= 15 is 0 Å². The molecule has 1 heteroatoms. The first-order valence-corrected chi connectivity index (χ1v) is 5.51. The van der Waals surface area contributed by atoms with E-state index in [2.05, 4.69) is 38.1 Å². The third-order valence-corrected chi connectivity index (χ3v) is 2.39. The second-order valence-corrected chi connectivity index (χ2v) is 4.13. The van der Waals surface area contributed by atoms with Crippen LogP contribution in [0, 0.1) is 20.3 Å². The Hall–Kier alpha value is -1.50. The summed E-state index contributed by atoms with van der Waals surface area (Å²) in [5.74, 6) is 0.454. The molecule has 0 saturated heterocycles. The number of aliphatic hydroxyl groups is 1. The third kappa shape index (κ3) is 4.83. The highest BCUT2D eigenvalue weighted by Gasteiger charge is 1.98. The van der Waals surface area contributed by atoms with E-state index in [0.717, 1.165) is 0 Å². The zero-order valence-electron chi connectivity index (χ0n) is 10.2. The molecule has 1 radical (unpaired) electrons. The van der Waals surface area contributed by atoms with Gasteiger partial charge in [0.05, 0.1) is 5.76 Å². The van der Waals surface area contributed by atoms with Crippen molar-refractivity contribution in [2.45, 2.75) is 27.2 Å². The van der Waals surface area contributed by atoms with Gasteiger partial charge < -0.3 is 5.11 Å². The Labute approximate surface area is 98.1 Å². The van der Waals surface area contributed by atoms with Gasteiger partial charge in [0.1, 0.15) is 0 Å². The second-order valence-electron chi connectivity index (χ2n) is 4.13. The molecule has 0 heterocycles. The third-order valence-electron chi connectivity index (χ3n) is 2.39. The van der Waals surface area contributed by atoms with Gasteiger partial charge in [-0.3, -0.25) is 0 Å². The minimum Gasteiger partial charge on any atom is -0.512 e. The fourth-order valence-corrected chi connectivity index (χ4v) is 1.27. The van der Waals surface area contributed by atoms with Gasteiger partial charge in [0, 0.05) is 6.42 Å². The van der Waals surface area contributed by atoms with Crippen LogP contribution in [0.5, 0.6) is 0 Å². The van der Waals surface area contributed by atoms with Gasteiger partial charge in [-0.25, -0.2) is 0 Å². The molecule has 0 atom stereocenters. The van der Waals surface area contributed by atoms with Crippen molar-refractivity contribution in [1.29, 1.82) is 0 Å². The zero-order chi connectivity index (χ0) is 12.0. The van der Waals surface area contributed by atoms with E-state index in [9.17, 15) is 0 Å². The molecule has 2 rings (SSSR count). The van der Waals surface area contributed by atoms with Gasteiger partial charge in [-0.1, -0.05) is 47.0 Å². The predicted molar refractivity (Wildman–Crippen MR) is 69.3 cm³/mol. The van der Waals surface area contributed by atoms with Gasteiger partial charge in [-0.05, 0) is 33.3 Å². The summed E-state index contributed by atoms with van der Waals surface area (Å²) in [4.78, 5) is 0.